The maximum atomic E-state index is 12.0. The Morgan fingerprint density at radius 1 is 0.812 bits per heavy atom. The fourth-order valence-electron chi connectivity index (χ4n) is 3.67. The minimum Gasteiger partial charge on any atom is -0.480 e. The van der Waals surface area contributed by atoms with E-state index in [0.717, 1.165) is 29.8 Å². The maximum absolute atomic E-state index is 12.0. The molecule has 3 N–H and O–H groups in total. The summed E-state index contributed by atoms with van der Waals surface area (Å²) in [6, 6.07) is 29.4. The number of carboxylic acid groups (broad SMARTS) is 1. The van der Waals surface area contributed by atoms with Crippen LogP contribution in [-0.4, -0.2) is 42.2 Å². The van der Waals surface area contributed by atoms with Crippen molar-refractivity contribution in [3.63, 3.8) is 0 Å². The third-order valence-electron chi connectivity index (χ3n) is 5.14. The van der Waals surface area contributed by atoms with Crippen LogP contribution >= 0.6 is 11.8 Å². The van der Waals surface area contributed by atoms with Gasteiger partial charge in [0.1, 0.15) is 6.04 Å². The van der Waals surface area contributed by atoms with Crippen LogP contribution in [-0.2, 0) is 10.3 Å². The standard InChI is InChI=1S/C23H23NO2S.C4H11N/c1-27-17-21(22(25)26)24-23(18-11-5-2-6-12-18,19-13-7-3-8-14-19)20-15-9-4-10-16-20;1-3-5-4-2/h2-16,21,24H,17H2,1H3,(H,25,26);5H,3-4H2,1-2H3/t21-;/m0./s1. The largest absolute Gasteiger partial charge is 0.480 e. The fraction of sp³-hybridized carbons (Fsp3) is 0.296. The van der Waals surface area contributed by atoms with Gasteiger partial charge in [-0.2, -0.15) is 11.8 Å². The van der Waals surface area contributed by atoms with Crippen LogP contribution in [0.1, 0.15) is 30.5 Å². The van der Waals surface area contributed by atoms with Gasteiger partial charge in [0.2, 0.25) is 0 Å². The summed E-state index contributed by atoms with van der Waals surface area (Å²) >= 11 is 1.52. The molecule has 0 spiro atoms. The first kappa shape index (κ1) is 25.7. The van der Waals surface area contributed by atoms with Crippen LogP contribution in [0.2, 0.25) is 0 Å². The van der Waals surface area contributed by atoms with Crippen LogP contribution in [0.15, 0.2) is 91.0 Å². The lowest BCUT2D eigenvalue weighted by atomic mass is 9.76. The van der Waals surface area contributed by atoms with Crippen LogP contribution in [0.5, 0.6) is 0 Å². The smallest absolute Gasteiger partial charge is 0.321 e. The molecule has 0 aliphatic rings. The summed E-state index contributed by atoms with van der Waals surface area (Å²) in [7, 11) is 0. The van der Waals surface area contributed by atoms with E-state index in [1.165, 1.54) is 11.8 Å². The normalized spacial score (nSPS) is 11.8. The highest BCUT2D eigenvalue weighted by molar-refractivity contribution is 7.98. The summed E-state index contributed by atoms with van der Waals surface area (Å²) in [5, 5.41) is 16.4. The number of hydrogen-bond donors (Lipinski definition) is 3. The predicted molar refractivity (Wildman–Crippen MR) is 136 cm³/mol. The molecule has 3 rings (SSSR count). The van der Waals surface area contributed by atoms with Gasteiger partial charge < -0.3 is 10.4 Å². The zero-order valence-electron chi connectivity index (χ0n) is 19.1. The van der Waals surface area contributed by atoms with Crippen molar-refractivity contribution in [3.8, 4) is 0 Å². The molecular weight excluding hydrogens is 416 g/mol. The Morgan fingerprint density at radius 2 is 1.19 bits per heavy atom. The van der Waals surface area contributed by atoms with Crippen molar-refractivity contribution in [2.24, 2.45) is 0 Å². The van der Waals surface area contributed by atoms with Gasteiger partial charge in [0.25, 0.3) is 0 Å². The number of aliphatic carboxylic acids is 1. The number of carboxylic acids is 1. The number of benzene rings is 3. The summed E-state index contributed by atoms with van der Waals surface area (Å²) in [6.07, 6.45) is 1.92. The first-order chi connectivity index (χ1) is 15.6. The van der Waals surface area contributed by atoms with E-state index in [2.05, 4.69) is 24.5 Å². The number of hydrogen-bond acceptors (Lipinski definition) is 4. The Hall–Kier alpha value is -2.60. The highest BCUT2D eigenvalue weighted by Gasteiger charge is 2.39. The van der Waals surface area contributed by atoms with Crippen molar-refractivity contribution in [2.75, 3.05) is 25.1 Å². The number of nitrogens with one attached hydrogen (secondary N) is 2. The molecule has 0 unspecified atom stereocenters. The molecule has 0 heterocycles. The van der Waals surface area contributed by atoms with E-state index in [0.29, 0.717) is 5.75 Å². The SMILES string of the molecule is CCNCC.CSC[C@H](NC(c1ccccc1)(c1ccccc1)c1ccccc1)C(=O)O. The third-order valence-corrected chi connectivity index (χ3v) is 5.81. The summed E-state index contributed by atoms with van der Waals surface area (Å²) < 4.78 is 0. The average molecular weight is 451 g/mol. The molecule has 4 nitrogen and oxygen atoms in total. The highest BCUT2D eigenvalue weighted by Crippen LogP contribution is 2.37. The predicted octanol–water partition coefficient (Wildman–Crippen LogP) is 5.00. The van der Waals surface area contributed by atoms with Crippen molar-refractivity contribution < 1.29 is 9.90 Å². The lowest BCUT2D eigenvalue weighted by Crippen LogP contribution is -2.53. The topological polar surface area (TPSA) is 61.4 Å². The zero-order valence-corrected chi connectivity index (χ0v) is 19.9. The van der Waals surface area contributed by atoms with Crippen LogP contribution in [0.25, 0.3) is 0 Å². The molecular formula is C27H34N2O2S. The molecule has 1 atom stereocenters. The lowest BCUT2D eigenvalue weighted by molar-refractivity contribution is -0.139. The molecule has 170 valence electrons. The molecule has 0 saturated carbocycles. The van der Waals surface area contributed by atoms with E-state index in [9.17, 15) is 9.90 Å². The molecule has 0 fully saturated rings. The van der Waals surface area contributed by atoms with E-state index < -0.39 is 17.6 Å². The molecule has 32 heavy (non-hydrogen) atoms. The second-order valence-electron chi connectivity index (χ2n) is 7.30. The van der Waals surface area contributed by atoms with Gasteiger partial charge in [-0.25, -0.2) is 0 Å². The van der Waals surface area contributed by atoms with Gasteiger partial charge in [-0.15, -0.1) is 0 Å². The second kappa shape index (κ2) is 13.7. The van der Waals surface area contributed by atoms with Gasteiger partial charge in [0.05, 0.1) is 5.54 Å². The summed E-state index contributed by atoms with van der Waals surface area (Å²) in [4.78, 5) is 12.0. The van der Waals surface area contributed by atoms with E-state index >= 15 is 0 Å². The monoisotopic (exact) mass is 450 g/mol. The molecule has 0 aliphatic carbocycles. The minimum absolute atomic E-state index is 0.476. The zero-order chi connectivity index (χ0) is 23.2. The van der Waals surface area contributed by atoms with Crippen LogP contribution in [0, 0.1) is 0 Å². The number of thioether (sulfide) groups is 1. The summed E-state index contributed by atoms with van der Waals surface area (Å²) in [5.41, 5.74) is 2.27. The van der Waals surface area contributed by atoms with Gasteiger partial charge in [-0.1, -0.05) is 105 Å². The molecule has 0 bridgehead atoms. The second-order valence-corrected chi connectivity index (χ2v) is 8.21. The van der Waals surface area contributed by atoms with Crippen molar-refractivity contribution in [1.29, 1.82) is 0 Å². The summed E-state index contributed by atoms with van der Waals surface area (Å²) in [6.45, 7) is 6.39. The minimum atomic E-state index is -0.850. The molecule has 0 aliphatic heterocycles. The van der Waals surface area contributed by atoms with Crippen molar-refractivity contribution in [1.82, 2.24) is 10.6 Å². The molecule has 3 aromatic rings. The lowest BCUT2D eigenvalue weighted by Gasteiger charge is -2.39. The molecule has 3 aromatic carbocycles. The van der Waals surface area contributed by atoms with E-state index in [4.69, 9.17) is 0 Å². The van der Waals surface area contributed by atoms with Crippen LogP contribution < -0.4 is 10.6 Å². The molecule has 0 aromatic heterocycles. The van der Waals surface area contributed by atoms with Gasteiger partial charge in [-0.05, 0) is 36.0 Å². The van der Waals surface area contributed by atoms with Gasteiger partial charge in [0.15, 0.2) is 0 Å². The average Bonchev–Trinajstić information content (AvgIpc) is 2.84. The Bertz CT molecular complexity index is 806. The molecule has 0 radical (unpaired) electrons. The van der Waals surface area contributed by atoms with Gasteiger partial charge in [0, 0.05) is 5.75 Å². The number of rotatable bonds is 10. The molecule has 5 heteroatoms. The van der Waals surface area contributed by atoms with E-state index in [-0.39, 0.29) is 0 Å². The van der Waals surface area contributed by atoms with Crippen LogP contribution in [0.4, 0.5) is 0 Å². The first-order valence-corrected chi connectivity index (χ1v) is 12.4. The Kier molecular flexibility index (Phi) is 11.0. The van der Waals surface area contributed by atoms with E-state index in [1.807, 2.05) is 97.3 Å². The summed E-state index contributed by atoms with van der Waals surface area (Å²) in [5.74, 6) is -0.375. The fourth-order valence-corrected chi connectivity index (χ4v) is 4.23. The van der Waals surface area contributed by atoms with Crippen molar-refractivity contribution in [3.05, 3.63) is 108 Å². The quantitative estimate of drug-likeness (QED) is 0.380. The Morgan fingerprint density at radius 3 is 1.44 bits per heavy atom. The Balaban J connectivity index is 0.000000654. The van der Waals surface area contributed by atoms with Crippen molar-refractivity contribution in [2.45, 2.75) is 25.4 Å². The maximum Gasteiger partial charge on any atom is 0.321 e. The third kappa shape index (κ3) is 6.70. The first-order valence-electron chi connectivity index (χ1n) is 11.0. The van der Waals surface area contributed by atoms with Crippen molar-refractivity contribution >= 4 is 17.7 Å². The van der Waals surface area contributed by atoms with E-state index in [1.54, 1.807) is 0 Å². The van der Waals surface area contributed by atoms with Gasteiger partial charge >= 0.3 is 5.97 Å². The molecule has 0 saturated heterocycles. The highest BCUT2D eigenvalue weighted by atomic mass is 32.2. The number of carbonyl (C=O) groups is 1. The van der Waals surface area contributed by atoms with Crippen LogP contribution in [0.3, 0.4) is 0 Å². The van der Waals surface area contributed by atoms with Gasteiger partial charge in [-0.3, -0.25) is 10.1 Å². The molecule has 0 amide bonds. The Labute approximate surface area is 196 Å².